The monoisotopic (exact) mass is 247 g/mol. The van der Waals surface area contributed by atoms with Crippen LogP contribution < -0.4 is 10.6 Å². The topological polar surface area (TPSA) is 42.1 Å². The molecule has 1 aliphatic heterocycles. The van der Waals surface area contributed by atoms with Gasteiger partial charge in [-0.25, -0.2) is 0 Å². The first-order valence-electron chi connectivity index (χ1n) is 7.21. The van der Waals surface area contributed by atoms with E-state index in [2.05, 4.69) is 35.9 Å². The zero-order valence-corrected chi connectivity index (χ0v) is 11.6. The molecule has 3 heteroatoms. The molecule has 3 nitrogen and oxygen atoms in total. The van der Waals surface area contributed by atoms with Crippen molar-refractivity contribution in [1.29, 1.82) is 0 Å². The molecule has 1 fully saturated rings. The molecule has 2 atom stereocenters. The van der Waals surface area contributed by atoms with Gasteiger partial charge in [-0.05, 0) is 37.3 Å². The number of hydrogen-bond acceptors (Lipinski definition) is 3. The number of nitrogens with two attached hydrogens (primary N) is 1. The minimum Gasteiger partial charge on any atom is -0.370 e. The normalized spacial score (nSPS) is 21.9. The third-order valence-electron chi connectivity index (χ3n) is 4.05. The second kappa shape index (κ2) is 6.19. The summed E-state index contributed by atoms with van der Waals surface area (Å²) < 4.78 is 0. The maximum absolute atomic E-state index is 5.99. The fourth-order valence-electron chi connectivity index (χ4n) is 2.65. The number of piperidine rings is 1. The standard InChI is InChI=1S/C15H25N3/c1-3-12-6-5-9-18(11-12)13-7-8-15(17-10-13)14(16)4-2/h7-8,10,12,14H,3-6,9,11,16H2,1-2H3/t12?,14-/m1/s1. The minimum absolute atomic E-state index is 0.0730. The van der Waals surface area contributed by atoms with Gasteiger partial charge in [0.2, 0.25) is 0 Å². The summed E-state index contributed by atoms with van der Waals surface area (Å²) in [6, 6.07) is 4.33. The van der Waals surface area contributed by atoms with E-state index in [1.165, 1.54) is 31.5 Å². The number of aromatic nitrogens is 1. The maximum atomic E-state index is 5.99. The van der Waals surface area contributed by atoms with Gasteiger partial charge in [-0.1, -0.05) is 20.3 Å². The molecule has 0 amide bonds. The molecular formula is C15H25N3. The predicted molar refractivity (Wildman–Crippen MR) is 76.7 cm³/mol. The molecule has 2 rings (SSSR count). The average molecular weight is 247 g/mol. The molecule has 1 saturated heterocycles. The summed E-state index contributed by atoms with van der Waals surface area (Å²) in [6.07, 6.45) is 6.88. The highest BCUT2D eigenvalue weighted by molar-refractivity contribution is 5.45. The Labute approximate surface area is 110 Å². The van der Waals surface area contributed by atoms with Crippen molar-refractivity contribution in [2.45, 2.75) is 45.6 Å². The van der Waals surface area contributed by atoms with Crippen LogP contribution >= 0.6 is 0 Å². The van der Waals surface area contributed by atoms with Crippen LogP contribution in [0.1, 0.15) is 51.3 Å². The molecule has 2 heterocycles. The van der Waals surface area contributed by atoms with E-state index in [-0.39, 0.29) is 6.04 Å². The number of pyridine rings is 1. The molecule has 0 spiro atoms. The Morgan fingerprint density at radius 2 is 2.28 bits per heavy atom. The van der Waals surface area contributed by atoms with Crippen molar-refractivity contribution in [2.75, 3.05) is 18.0 Å². The number of nitrogens with zero attached hydrogens (tertiary/aromatic N) is 2. The Hall–Kier alpha value is -1.09. The molecule has 1 aromatic heterocycles. The minimum atomic E-state index is 0.0730. The van der Waals surface area contributed by atoms with E-state index < -0.39 is 0 Å². The summed E-state index contributed by atoms with van der Waals surface area (Å²) in [5.74, 6) is 0.844. The second-order valence-corrected chi connectivity index (χ2v) is 5.32. The van der Waals surface area contributed by atoms with Crippen LogP contribution in [0.5, 0.6) is 0 Å². The van der Waals surface area contributed by atoms with Gasteiger partial charge in [-0.3, -0.25) is 4.98 Å². The largest absolute Gasteiger partial charge is 0.370 e. The fourth-order valence-corrected chi connectivity index (χ4v) is 2.65. The third-order valence-corrected chi connectivity index (χ3v) is 4.05. The lowest BCUT2D eigenvalue weighted by Crippen LogP contribution is -2.35. The second-order valence-electron chi connectivity index (χ2n) is 5.32. The van der Waals surface area contributed by atoms with Crippen LogP contribution in [0.4, 0.5) is 5.69 Å². The van der Waals surface area contributed by atoms with Crippen molar-refractivity contribution in [3.8, 4) is 0 Å². The molecular weight excluding hydrogens is 222 g/mol. The van der Waals surface area contributed by atoms with Crippen LogP contribution in [0, 0.1) is 5.92 Å². The maximum Gasteiger partial charge on any atom is 0.0572 e. The summed E-state index contributed by atoms with van der Waals surface area (Å²) in [5.41, 5.74) is 8.25. The van der Waals surface area contributed by atoms with Crippen molar-refractivity contribution < 1.29 is 0 Å². The van der Waals surface area contributed by atoms with Crippen LogP contribution in [0.3, 0.4) is 0 Å². The smallest absolute Gasteiger partial charge is 0.0572 e. The Morgan fingerprint density at radius 1 is 1.44 bits per heavy atom. The van der Waals surface area contributed by atoms with Crippen molar-refractivity contribution in [1.82, 2.24) is 4.98 Å². The summed E-state index contributed by atoms with van der Waals surface area (Å²) in [5, 5.41) is 0. The molecule has 18 heavy (non-hydrogen) atoms. The van der Waals surface area contributed by atoms with Gasteiger partial charge in [-0.2, -0.15) is 0 Å². The van der Waals surface area contributed by atoms with Gasteiger partial charge in [0, 0.05) is 19.1 Å². The highest BCUT2D eigenvalue weighted by Crippen LogP contribution is 2.25. The zero-order chi connectivity index (χ0) is 13.0. The van der Waals surface area contributed by atoms with E-state index in [1.807, 2.05) is 6.20 Å². The summed E-state index contributed by atoms with van der Waals surface area (Å²) in [6.45, 7) is 6.72. The summed E-state index contributed by atoms with van der Waals surface area (Å²) in [4.78, 5) is 6.97. The van der Waals surface area contributed by atoms with Crippen LogP contribution in [0.15, 0.2) is 18.3 Å². The molecule has 0 aromatic carbocycles. The van der Waals surface area contributed by atoms with Crippen LogP contribution in [0.25, 0.3) is 0 Å². The molecule has 1 aromatic rings. The van der Waals surface area contributed by atoms with Gasteiger partial charge in [0.05, 0.1) is 17.6 Å². The molecule has 0 aliphatic carbocycles. The first-order valence-corrected chi connectivity index (χ1v) is 7.21. The van der Waals surface area contributed by atoms with Gasteiger partial charge >= 0.3 is 0 Å². The van der Waals surface area contributed by atoms with Gasteiger partial charge in [-0.15, -0.1) is 0 Å². The zero-order valence-electron chi connectivity index (χ0n) is 11.6. The van der Waals surface area contributed by atoms with Gasteiger partial charge in [0.15, 0.2) is 0 Å². The molecule has 0 saturated carbocycles. The molecule has 0 radical (unpaired) electrons. The number of hydrogen-bond donors (Lipinski definition) is 1. The summed E-state index contributed by atoms with van der Waals surface area (Å²) in [7, 11) is 0. The summed E-state index contributed by atoms with van der Waals surface area (Å²) >= 11 is 0. The first kappa shape index (κ1) is 13.3. The van der Waals surface area contributed by atoms with Crippen molar-refractivity contribution in [3.63, 3.8) is 0 Å². The van der Waals surface area contributed by atoms with E-state index >= 15 is 0 Å². The quantitative estimate of drug-likeness (QED) is 0.889. The van der Waals surface area contributed by atoms with E-state index in [0.717, 1.165) is 24.6 Å². The van der Waals surface area contributed by atoms with Crippen LogP contribution in [-0.2, 0) is 0 Å². The molecule has 2 N–H and O–H groups in total. The van der Waals surface area contributed by atoms with Crippen molar-refractivity contribution >= 4 is 5.69 Å². The highest BCUT2D eigenvalue weighted by Gasteiger charge is 2.19. The Morgan fingerprint density at radius 3 is 2.89 bits per heavy atom. The van der Waals surface area contributed by atoms with E-state index in [0.29, 0.717) is 0 Å². The number of rotatable bonds is 4. The predicted octanol–water partition coefficient (Wildman–Crippen LogP) is 3.12. The Bertz CT molecular complexity index is 361. The SMILES string of the molecule is CCC1CCCN(c2ccc([C@H](N)CC)nc2)C1. The number of anilines is 1. The van der Waals surface area contributed by atoms with Gasteiger partial charge in [0.25, 0.3) is 0 Å². The Balaban J connectivity index is 2.04. The van der Waals surface area contributed by atoms with Crippen molar-refractivity contribution in [2.24, 2.45) is 11.7 Å². The van der Waals surface area contributed by atoms with Crippen LogP contribution in [0.2, 0.25) is 0 Å². The lowest BCUT2D eigenvalue weighted by Gasteiger charge is -2.33. The van der Waals surface area contributed by atoms with Crippen molar-refractivity contribution in [3.05, 3.63) is 24.0 Å². The lowest BCUT2D eigenvalue weighted by atomic mass is 9.95. The molecule has 0 bridgehead atoms. The molecule has 1 aliphatic rings. The fraction of sp³-hybridized carbons (Fsp3) is 0.667. The highest BCUT2D eigenvalue weighted by atomic mass is 15.1. The average Bonchev–Trinajstić information content (AvgIpc) is 2.46. The lowest BCUT2D eigenvalue weighted by molar-refractivity contribution is 0.404. The molecule has 100 valence electrons. The van der Waals surface area contributed by atoms with E-state index in [9.17, 15) is 0 Å². The van der Waals surface area contributed by atoms with E-state index in [1.54, 1.807) is 0 Å². The van der Waals surface area contributed by atoms with Gasteiger partial charge < -0.3 is 10.6 Å². The molecule has 1 unspecified atom stereocenters. The van der Waals surface area contributed by atoms with Crippen LogP contribution in [-0.4, -0.2) is 18.1 Å². The third kappa shape index (κ3) is 3.02. The van der Waals surface area contributed by atoms with Gasteiger partial charge in [0.1, 0.15) is 0 Å². The Kier molecular flexibility index (Phi) is 4.59. The van der Waals surface area contributed by atoms with E-state index in [4.69, 9.17) is 5.73 Å². The first-order chi connectivity index (χ1) is 8.74.